The third-order valence-electron chi connectivity index (χ3n) is 2.06. The SMILES string of the molecule is CNCc1ccc(S(=O)(=O)Nc2cccnn2)o1. The van der Waals surface area contributed by atoms with Gasteiger partial charge in [0.2, 0.25) is 5.09 Å². The third-order valence-corrected chi connectivity index (χ3v) is 3.29. The van der Waals surface area contributed by atoms with E-state index in [1.807, 2.05) is 0 Å². The Balaban J connectivity index is 2.20. The van der Waals surface area contributed by atoms with Gasteiger partial charge in [-0.15, -0.1) is 5.10 Å². The standard InChI is InChI=1S/C10H12N4O3S/c1-11-7-8-4-5-10(17-8)18(15,16)14-9-3-2-6-12-13-9/h2-6,11H,7H2,1H3,(H,13,14). The maximum absolute atomic E-state index is 11.9. The van der Waals surface area contributed by atoms with Crippen LogP contribution in [0.3, 0.4) is 0 Å². The lowest BCUT2D eigenvalue weighted by molar-refractivity contribution is 0.408. The molecular formula is C10H12N4O3S. The van der Waals surface area contributed by atoms with Gasteiger partial charge in [-0.25, -0.2) is 0 Å². The van der Waals surface area contributed by atoms with E-state index in [0.717, 1.165) is 0 Å². The second-order valence-corrected chi connectivity index (χ2v) is 5.08. The number of hydrogen-bond acceptors (Lipinski definition) is 6. The van der Waals surface area contributed by atoms with E-state index in [9.17, 15) is 8.42 Å². The molecule has 0 aliphatic heterocycles. The van der Waals surface area contributed by atoms with Gasteiger partial charge in [-0.05, 0) is 31.3 Å². The number of sulfonamides is 1. The molecule has 18 heavy (non-hydrogen) atoms. The minimum absolute atomic E-state index is 0.143. The van der Waals surface area contributed by atoms with Crippen LogP contribution in [0.5, 0.6) is 0 Å². The van der Waals surface area contributed by atoms with Crippen molar-refractivity contribution in [3.63, 3.8) is 0 Å². The lowest BCUT2D eigenvalue weighted by atomic mass is 10.4. The molecule has 0 aliphatic carbocycles. The topological polar surface area (TPSA) is 97.1 Å². The summed E-state index contributed by atoms with van der Waals surface area (Å²) in [5, 5.41) is 9.93. The van der Waals surface area contributed by atoms with Crippen molar-refractivity contribution in [2.75, 3.05) is 11.8 Å². The summed E-state index contributed by atoms with van der Waals surface area (Å²) in [7, 11) is -2.01. The highest BCUT2D eigenvalue weighted by molar-refractivity contribution is 7.92. The molecule has 96 valence electrons. The van der Waals surface area contributed by atoms with Gasteiger partial charge >= 0.3 is 0 Å². The van der Waals surface area contributed by atoms with Crippen LogP contribution in [0.4, 0.5) is 5.82 Å². The molecule has 0 atom stereocenters. The molecule has 0 radical (unpaired) electrons. The molecule has 0 amide bonds. The molecule has 0 spiro atoms. The zero-order valence-corrected chi connectivity index (χ0v) is 10.4. The number of aromatic nitrogens is 2. The van der Waals surface area contributed by atoms with Crippen LogP contribution in [-0.2, 0) is 16.6 Å². The summed E-state index contributed by atoms with van der Waals surface area (Å²) >= 11 is 0. The first kappa shape index (κ1) is 12.5. The normalized spacial score (nSPS) is 11.4. The summed E-state index contributed by atoms with van der Waals surface area (Å²) in [5.74, 6) is 0.682. The quantitative estimate of drug-likeness (QED) is 0.823. The van der Waals surface area contributed by atoms with Crippen molar-refractivity contribution in [1.82, 2.24) is 15.5 Å². The zero-order valence-electron chi connectivity index (χ0n) is 9.62. The summed E-state index contributed by atoms with van der Waals surface area (Å²) < 4.78 is 31.3. The predicted octanol–water partition coefficient (Wildman–Crippen LogP) is 0.590. The fourth-order valence-corrected chi connectivity index (χ4v) is 2.26. The van der Waals surface area contributed by atoms with Crippen molar-refractivity contribution in [2.24, 2.45) is 0 Å². The second kappa shape index (κ2) is 5.15. The highest BCUT2D eigenvalue weighted by Gasteiger charge is 2.19. The van der Waals surface area contributed by atoms with Gasteiger partial charge in [-0.2, -0.15) is 13.5 Å². The Hall–Kier alpha value is -1.93. The summed E-state index contributed by atoms with van der Waals surface area (Å²) in [6, 6.07) is 6.08. The summed E-state index contributed by atoms with van der Waals surface area (Å²) in [4.78, 5) is 0. The number of hydrogen-bond donors (Lipinski definition) is 2. The van der Waals surface area contributed by atoms with Crippen molar-refractivity contribution in [1.29, 1.82) is 0 Å². The Labute approximate surface area is 104 Å². The van der Waals surface area contributed by atoms with E-state index >= 15 is 0 Å². The largest absolute Gasteiger partial charge is 0.446 e. The minimum Gasteiger partial charge on any atom is -0.446 e. The Morgan fingerprint density at radius 1 is 1.33 bits per heavy atom. The lowest BCUT2D eigenvalue weighted by Gasteiger charge is -2.03. The van der Waals surface area contributed by atoms with E-state index in [1.165, 1.54) is 18.3 Å². The van der Waals surface area contributed by atoms with Crippen molar-refractivity contribution in [3.05, 3.63) is 36.2 Å². The van der Waals surface area contributed by atoms with Crippen LogP contribution in [0.2, 0.25) is 0 Å². The highest BCUT2D eigenvalue weighted by Crippen LogP contribution is 2.16. The molecule has 0 unspecified atom stereocenters. The Morgan fingerprint density at radius 3 is 2.83 bits per heavy atom. The third kappa shape index (κ3) is 2.84. The second-order valence-electron chi connectivity index (χ2n) is 3.47. The molecule has 0 saturated carbocycles. The van der Waals surface area contributed by atoms with Crippen molar-refractivity contribution in [3.8, 4) is 0 Å². The first-order chi connectivity index (χ1) is 8.62. The molecule has 2 aromatic rings. The van der Waals surface area contributed by atoms with E-state index < -0.39 is 10.0 Å². The molecule has 2 N–H and O–H groups in total. The van der Waals surface area contributed by atoms with E-state index in [4.69, 9.17) is 4.42 Å². The van der Waals surface area contributed by atoms with Crippen LogP contribution in [0.25, 0.3) is 0 Å². The number of nitrogens with one attached hydrogen (secondary N) is 2. The number of furan rings is 1. The van der Waals surface area contributed by atoms with Crippen LogP contribution >= 0.6 is 0 Å². The average molecular weight is 268 g/mol. The van der Waals surface area contributed by atoms with Gasteiger partial charge in [-0.1, -0.05) is 0 Å². The summed E-state index contributed by atoms with van der Waals surface area (Å²) in [5.41, 5.74) is 0. The van der Waals surface area contributed by atoms with Gasteiger partial charge in [-0.3, -0.25) is 4.72 Å². The maximum atomic E-state index is 11.9. The predicted molar refractivity (Wildman–Crippen MR) is 64.3 cm³/mol. The van der Waals surface area contributed by atoms with Crippen LogP contribution < -0.4 is 10.0 Å². The van der Waals surface area contributed by atoms with Crippen LogP contribution in [-0.4, -0.2) is 25.7 Å². The molecule has 0 bridgehead atoms. The molecule has 0 aromatic carbocycles. The first-order valence-electron chi connectivity index (χ1n) is 5.15. The van der Waals surface area contributed by atoms with E-state index in [0.29, 0.717) is 12.3 Å². The fraction of sp³-hybridized carbons (Fsp3) is 0.200. The van der Waals surface area contributed by atoms with Crippen LogP contribution in [0.1, 0.15) is 5.76 Å². The van der Waals surface area contributed by atoms with Gasteiger partial charge in [0, 0.05) is 6.20 Å². The zero-order chi connectivity index (χ0) is 13.0. The molecule has 0 fully saturated rings. The molecule has 0 aliphatic rings. The lowest BCUT2D eigenvalue weighted by Crippen LogP contribution is -2.13. The van der Waals surface area contributed by atoms with Crippen molar-refractivity contribution < 1.29 is 12.8 Å². The molecule has 2 aromatic heterocycles. The van der Waals surface area contributed by atoms with Gasteiger partial charge < -0.3 is 9.73 Å². The van der Waals surface area contributed by atoms with Gasteiger partial charge in [0.25, 0.3) is 10.0 Å². The van der Waals surface area contributed by atoms with E-state index in [2.05, 4.69) is 20.2 Å². The van der Waals surface area contributed by atoms with Crippen molar-refractivity contribution in [2.45, 2.75) is 11.6 Å². The number of nitrogens with zero attached hydrogens (tertiary/aromatic N) is 2. The van der Waals surface area contributed by atoms with E-state index in [1.54, 1.807) is 19.2 Å². The molecule has 0 saturated heterocycles. The summed E-state index contributed by atoms with van der Waals surface area (Å²) in [6.45, 7) is 0.459. The highest BCUT2D eigenvalue weighted by atomic mass is 32.2. The number of anilines is 1. The average Bonchev–Trinajstić information content (AvgIpc) is 2.80. The number of rotatable bonds is 5. The van der Waals surface area contributed by atoms with Gasteiger partial charge in [0.05, 0.1) is 6.54 Å². The summed E-state index contributed by atoms with van der Waals surface area (Å²) in [6.07, 6.45) is 1.45. The van der Waals surface area contributed by atoms with Crippen LogP contribution in [0.15, 0.2) is 40.0 Å². The molecule has 2 rings (SSSR count). The monoisotopic (exact) mass is 268 g/mol. The maximum Gasteiger partial charge on any atom is 0.296 e. The molecular weight excluding hydrogens is 256 g/mol. The first-order valence-corrected chi connectivity index (χ1v) is 6.64. The van der Waals surface area contributed by atoms with E-state index in [-0.39, 0.29) is 10.9 Å². The molecule has 8 heteroatoms. The van der Waals surface area contributed by atoms with Crippen LogP contribution in [0, 0.1) is 0 Å². The Kier molecular flexibility index (Phi) is 3.58. The fourth-order valence-electron chi connectivity index (χ4n) is 1.32. The Morgan fingerprint density at radius 2 is 2.17 bits per heavy atom. The Bertz CT molecular complexity index is 609. The molecule has 2 heterocycles. The van der Waals surface area contributed by atoms with Gasteiger partial charge in [0.1, 0.15) is 5.76 Å². The minimum atomic E-state index is -3.76. The van der Waals surface area contributed by atoms with Gasteiger partial charge in [0.15, 0.2) is 5.82 Å². The smallest absolute Gasteiger partial charge is 0.296 e. The molecule has 7 nitrogen and oxygen atoms in total. The van der Waals surface area contributed by atoms with Crippen molar-refractivity contribution >= 4 is 15.8 Å².